The molecule has 18 heavy (non-hydrogen) atoms. The molecule has 0 heterocycles. The fourth-order valence-corrected chi connectivity index (χ4v) is 1.57. The molecule has 5 nitrogen and oxygen atoms in total. The van der Waals surface area contributed by atoms with Crippen LogP contribution in [0.25, 0.3) is 0 Å². The Morgan fingerprint density at radius 1 is 1.17 bits per heavy atom. The number of amides is 1. The van der Waals surface area contributed by atoms with Crippen molar-refractivity contribution in [1.29, 1.82) is 0 Å². The monoisotopic (exact) mass is 258 g/mol. The second-order valence-corrected chi connectivity index (χ2v) is 4.64. The SMILES string of the molecule is COCCOCCCCNC(=O)CCNC1CC1. The van der Waals surface area contributed by atoms with Crippen molar-refractivity contribution in [3.63, 3.8) is 0 Å². The van der Waals surface area contributed by atoms with E-state index in [1.165, 1.54) is 12.8 Å². The third-order valence-electron chi connectivity index (χ3n) is 2.83. The Morgan fingerprint density at radius 2 is 2.00 bits per heavy atom. The molecule has 1 saturated carbocycles. The lowest BCUT2D eigenvalue weighted by Gasteiger charge is -2.06. The number of hydrogen-bond donors (Lipinski definition) is 2. The Kier molecular flexibility index (Phi) is 8.81. The fraction of sp³-hybridized carbons (Fsp3) is 0.923. The van der Waals surface area contributed by atoms with Crippen LogP contribution in [0.2, 0.25) is 0 Å². The maximum Gasteiger partial charge on any atom is 0.221 e. The summed E-state index contributed by atoms with van der Waals surface area (Å²) in [6.07, 6.45) is 5.06. The largest absolute Gasteiger partial charge is 0.382 e. The molecule has 0 bridgehead atoms. The van der Waals surface area contributed by atoms with E-state index in [2.05, 4.69) is 10.6 Å². The summed E-state index contributed by atoms with van der Waals surface area (Å²) in [5.74, 6) is 0.142. The molecule has 0 aromatic heterocycles. The van der Waals surface area contributed by atoms with Crippen LogP contribution in [-0.2, 0) is 14.3 Å². The van der Waals surface area contributed by atoms with E-state index in [-0.39, 0.29) is 5.91 Å². The molecule has 2 N–H and O–H groups in total. The lowest BCUT2D eigenvalue weighted by molar-refractivity contribution is -0.121. The molecule has 0 unspecified atom stereocenters. The number of carbonyl (C=O) groups is 1. The van der Waals surface area contributed by atoms with Gasteiger partial charge in [0, 0.05) is 39.3 Å². The van der Waals surface area contributed by atoms with Gasteiger partial charge in [-0.2, -0.15) is 0 Å². The minimum atomic E-state index is 0.142. The molecule has 0 aliphatic heterocycles. The first-order valence-corrected chi connectivity index (χ1v) is 6.89. The summed E-state index contributed by atoms with van der Waals surface area (Å²) in [6.45, 7) is 3.58. The summed E-state index contributed by atoms with van der Waals surface area (Å²) in [7, 11) is 1.66. The standard InChI is InChI=1S/C13H26N2O3/c1-17-10-11-18-9-3-2-7-15-13(16)6-8-14-12-4-5-12/h12,14H,2-11H2,1H3,(H,15,16). The van der Waals surface area contributed by atoms with Crippen LogP contribution in [0, 0.1) is 0 Å². The molecule has 1 amide bonds. The molecule has 0 saturated heterocycles. The third-order valence-corrected chi connectivity index (χ3v) is 2.83. The van der Waals surface area contributed by atoms with Gasteiger partial charge in [-0.05, 0) is 25.7 Å². The second-order valence-electron chi connectivity index (χ2n) is 4.64. The van der Waals surface area contributed by atoms with E-state index in [9.17, 15) is 4.79 Å². The molecule has 1 aliphatic carbocycles. The third kappa shape index (κ3) is 9.39. The predicted octanol–water partition coefficient (Wildman–Crippen LogP) is 0.688. The first-order valence-electron chi connectivity index (χ1n) is 6.89. The first-order chi connectivity index (χ1) is 8.83. The highest BCUT2D eigenvalue weighted by atomic mass is 16.5. The normalized spacial score (nSPS) is 14.7. The Hall–Kier alpha value is -0.650. The minimum absolute atomic E-state index is 0.142. The first kappa shape index (κ1) is 15.4. The van der Waals surface area contributed by atoms with Crippen molar-refractivity contribution >= 4 is 5.91 Å². The molecular formula is C13H26N2O3. The summed E-state index contributed by atoms with van der Waals surface area (Å²) in [5.41, 5.74) is 0. The molecule has 0 spiro atoms. The second kappa shape index (κ2) is 10.3. The van der Waals surface area contributed by atoms with Gasteiger partial charge in [-0.15, -0.1) is 0 Å². The smallest absolute Gasteiger partial charge is 0.221 e. The van der Waals surface area contributed by atoms with E-state index in [4.69, 9.17) is 9.47 Å². The average molecular weight is 258 g/mol. The van der Waals surface area contributed by atoms with E-state index < -0.39 is 0 Å². The van der Waals surface area contributed by atoms with Gasteiger partial charge >= 0.3 is 0 Å². The molecule has 0 aromatic carbocycles. The zero-order chi connectivity index (χ0) is 13.1. The number of hydrogen-bond acceptors (Lipinski definition) is 4. The minimum Gasteiger partial charge on any atom is -0.382 e. The van der Waals surface area contributed by atoms with Gasteiger partial charge in [0.1, 0.15) is 0 Å². The van der Waals surface area contributed by atoms with Crippen LogP contribution in [-0.4, -0.2) is 52.0 Å². The molecule has 0 radical (unpaired) electrons. The van der Waals surface area contributed by atoms with Crippen LogP contribution < -0.4 is 10.6 Å². The van der Waals surface area contributed by atoms with Crippen molar-refractivity contribution in [2.75, 3.05) is 40.0 Å². The molecule has 1 fully saturated rings. The number of ether oxygens (including phenoxy) is 2. The molecule has 1 aliphatic rings. The number of nitrogens with one attached hydrogen (secondary N) is 2. The van der Waals surface area contributed by atoms with Gasteiger partial charge in [-0.25, -0.2) is 0 Å². The Morgan fingerprint density at radius 3 is 2.72 bits per heavy atom. The molecular weight excluding hydrogens is 232 g/mol. The maximum absolute atomic E-state index is 11.4. The lowest BCUT2D eigenvalue weighted by Crippen LogP contribution is -2.29. The fourth-order valence-electron chi connectivity index (χ4n) is 1.57. The van der Waals surface area contributed by atoms with Crippen LogP contribution in [0.4, 0.5) is 0 Å². The van der Waals surface area contributed by atoms with E-state index in [1.807, 2.05) is 0 Å². The van der Waals surface area contributed by atoms with Gasteiger partial charge in [-0.1, -0.05) is 0 Å². The number of rotatable bonds is 12. The van der Waals surface area contributed by atoms with Crippen LogP contribution in [0.15, 0.2) is 0 Å². The quantitative estimate of drug-likeness (QED) is 0.506. The predicted molar refractivity (Wildman–Crippen MR) is 70.6 cm³/mol. The Bertz CT molecular complexity index is 220. The van der Waals surface area contributed by atoms with Crippen LogP contribution in [0.1, 0.15) is 32.1 Å². The van der Waals surface area contributed by atoms with Gasteiger partial charge in [-0.3, -0.25) is 4.79 Å². The molecule has 0 atom stereocenters. The van der Waals surface area contributed by atoms with Crippen LogP contribution in [0.5, 0.6) is 0 Å². The van der Waals surface area contributed by atoms with E-state index in [1.54, 1.807) is 7.11 Å². The molecule has 106 valence electrons. The van der Waals surface area contributed by atoms with Crippen molar-refractivity contribution in [1.82, 2.24) is 10.6 Å². The van der Waals surface area contributed by atoms with Crippen molar-refractivity contribution in [3.05, 3.63) is 0 Å². The lowest BCUT2D eigenvalue weighted by atomic mass is 10.3. The number of carbonyl (C=O) groups excluding carboxylic acids is 1. The molecule has 0 aromatic rings. The van der Waals surface area contributed by atoms with E-state index in [0.29, 0.717) is 25.7 Å². The maximum atomic E-state index is 11.4. The van der Waals surface area contributed by atoms with Crippen LogP contribution in [0.3, 0.4) is 0 Å². The summed E-state index contributed by atoms with van der Waals surface area (Å²) in [6, 6.07) is 0.682. The van der Waals surface area contributed by atoms with Crippen molar-refractivity contribution in [2.24, 2.45) is 0 Å². The van der Waals surface area contributed by atoms with Crippen molar-refractivity contribution in [2.45, 2.75) is 38.1 Å². The van der Waals surface area contributed by atoms with Gasteiger partial charge in [0.05, 0.1) is 13.2 Å². The number of methoxy groups -OCH3 is 1. The molecule has 1 rings (SSSR count). The van der Waals surface area contributed by atoms with E-state index in [0.717, 1.165) is 32.5 Å². The summed E-state index contributed by atoms with van der Waals surface area (Å²) in [5, 5.41) is 6.24. The topological polar surface area (TPSA) is 59.6 Å². The average Bonchev–Trinajstić information content (AvgIpc) is 3.17. The summed E-state index contributed by atoms with van der Waals surface area (Å²) < 4.78 is 10.2. The summed E-state index contributed by atoms with van der Waals surface area (Å²) in [4.78, 5) is 11.4. The highest BCUT2D eigenvalue weighted by Gasteiger charge is 2.19. The van der Waals surface area contributed by atoms with Crippen LogP contribution >= 0.6 is 0 Å². The van der Waals surface area contributed by atoms with Gasteiger partial charge in [0.15, 0.2) is 0 Å². The van der Waals surface area contributed by atoms with Gasteiger partial charge in [0.25, 0.3) is 0 Å². The number of unbranched alkanes of at least 4 members (excludes halogenated alkanes) is 1. The highest BCUT2D eigenvalue weighted by Crippen LogP contribution is 2.18. The van der Waals surface area contributed by atoms with Crippen molar-refractivity contribution < 1.29 is 14.3 Å². The van der Waals surface area contributed by atoms with Gasteiger partial charge in [0.2, 0.25) is 5.91 Å². The Labute approximate surface area is 110 Å². The van der Waals surface area contributed by atoms with Gasteiger partial charge < -0.3 is 20.1 Å². The zero-order valence-electron chi connectivity index (χ0n) is 11.4. The zero-order valence-corrected chi connectivity index (χ0v) is 11.4. The summed E-state index contributed by atoms with van der Waals surface area (Å²) >= 11 is 0. The van der Waals surface area contributed by atoms with Crippen molar-refractivity contribution in [3.8, 4) is 0 Å². The Balaban J connectivity index is 1.74. The van der Waals surface area contributed by atoms with E-state index >= 15 is 0 Å². The molecule has 5 heteroatoms. The highest BCUT2D eigenvalue weighted by molar-refractivity contribution is 5.75.